The van der Waals surface area contributed by atoms with Gasteiger partial charge in [0.1, 0.15) is 12.4 Å². The molecule has 2 nitrogen and oxygen atoms in total. The maximum Gasteiger partial charge on any atom is 0.316 e. The van der Waals surface area contributed by atoms with Gasteiger partial charge in [0.15, 0.2) is 0 Å². The number of alkyl halides is 1. The Morgan fingerprint density at radius 3 is 2.50 bits per heavy atom. The number of esters is 1. The van der Waals surface area contributed by atoms with Crippen molar-refractivity contribution in [3.05, 3.63) is 7.11 Å². The summed E-state index contributed by atoms with van der Waals surface area (Å²) >= 11 is 2.86. The van der Waals surface area contributed by atoms with Gasteiger partial charge in [-0.15, -0.1) is 0 Å². The van der Waals surface area contributed by atoms with Gasteiger partial charge in [-0.1, -0.05) is 15.9 Å². The molecular weight excluding hydrogens is 148 g/mol. The average Bonchev–Trinajstić information content (AvgIpc) is 1.65. The van der Waals surface area contributed by atoms with Crippen LogP contribution in [-0.4, -0.2) is 11.3 Å². The molecule has 0 unspecified atom stereocenters. The van der Waals surface area contributed by atoms with Crippen molar-refractivity contribution in [1.82, 2.24) is 0 Å². The normalized spacial score (nSPS) is 7.67. The summed E-state index contributed by atoms with van der Waals surface area (Å²) in [5.74, 6) is -0.352. The standard InChI is InChI=1S/C3H4BrO2/c1-6-3(5)2-4/h1-2H2. The fraction of sp³-hybridized carbons (Fsp3) is 0.333. The molecule has 35 valence electrons. The third-order valence-corrected chi connectivity index (χ3v) is 0.728. The number of hydrogen-bond acceptors (Lipinski definition) is 2. The van der Waals surface area contributed by atoms with Gasteiger partial charge in [-0.3, -0.25) is 4.79 Å². The van der Waals surface area contributed by atoms with Gasteiger partial charge < -0.3 is 4.74 Å². The first-order chi connectivity index (χ1) is 2.81. The SMILES string of the molecule is [CH2]OC(=O)CBr. The molecule has 0 spiro atoms. The monoisotopic (exact) mass is 151 g/mol. The molecule has 0 aliphatic heterocycles. The average molecular weight is 152 g/mol. The Hall–Kier alpha value is -0.0500. The molecule has 0 aliphatic carbocycles. The summed E-state index contributed by atoms with van der Waals surface area (Å²) in [7, 11) is 2.88. The van der Waals surface area contributed by atoms with Crippen LogP contribution in [0.25, 0.3) is 0 Å². The van der Waals surface area contributed by atoms with Crippen LogP contribution in [0.4, 0.5) is 0 Å². The molecule has 0 fully saturated rings. The Bertz CT molecular complexity index is 46.8. The second kappa shape index (κ2) is 3.15. The molecule has 0 aliphatic rings. The van der Waals surface area contributed by atoms with E-state index in [1.807, 2.05) is 0 Å². The molecular formula is C3H4BrO2. The molecule has 0 rings (SSSR count). The molecule has 0 amide bonds. The van der Waals surface area contributed by atoms with Crippen LogP contribution < -0.4 is 0 Å². The van der Waals surface area contributed by atoms with E-state index >= 15 is 0 Å². The first kappa shape index (κ1) is 5.95. The zero-order valence-electron chi connectivity index (χ0n) is 3.11. The maximum atomic E-state index is 9.85. The highest BCUT2D eigenvalue weighted by Gasteiger charge is 1.89. The van der Waals surface area contributed by atoms with Gasteiger partial charge >= 0.3 is 5.97 Å². The smallest absolute Gasteiger partial charge is 0.316 e. The Morgan fingerprint density at radius 2 is 2.50 bits per heavy atom. The van der Waals surface area contributed by atoms with Crippen LogP contribution in [-0.2, 0) is 9.53 Å². The first-order valence-corrected chi connectivity index (χ1v) is 2.44. The lowest BCUT2D eigenvalue weighted by molar-refractivity contribution is -0.135. The van der Waals surface area contributed by atoms with Gasteiger partial charge in [-0.25, -0.2) is 0 Å². The van der Waals surface area contributed by atoms with Gasteiger partial charge in [-0.2, -0.15) is 0 Å². The van der Waals surface area contributed by atoms with E-state index in [0.717, 1.165) is 0 Å². The summed E-state index contributed by atoms with van der Waals surface area (Å²) < 4.78 is 3.96. The topological polar surface area (TPSA) is 26.3 Å². The van der Waals surface area contributed by atoms with Crippen molar-refractivity contribution in [2.24, 2.45) is 0 Å². The molecule has 0 aromatic heterocycles. The van der Waals surface area contributed by atoms with E-state index in [0.29, 0.717) is 0 Å². The minimum atomic E-state index is -0.352. The quantitative estimate of drug-likeness (QED) is 0.408. The number of halogens is 1. The van der Waals surface area contributed by atoms with Gasteiger partial charge in [0, 0.05) is 0 Å². The predicted octanol–water partition coefficient (Wildman–Crippen LogP) is 0.716. The fourth-order valence-electron chi connectivity index (χ4n) is 0.0386. The largest absolute Gasteiger partial charge is 0.461 e. The number of carbonyl (C=O) groups is 1. The highest BCUT2D eigenvalue weighted by atomic mass is 79.9. The number of ether oxygens (including phenoxy) is 1. The number of hydrogen-bond donors (Lipinski definition) is 0. The van der Waals surface area contributed by atoms with Crippen LogP contribution in [0.5, 0.6) is 0 Å². The van der Waals surface area contributed by atoms with Crippen LogP contribution >= 0.6 is 15.9 Å². The second-order valence-electron chi connectivity index (χ2n) is 0.650. The summed E-state index contributed by atoms with van der Waals surface area (Å²) in [5, 5.41) is 0.219. The minimum absolute atomic E-state index is 0.219. The molecule has 0 saturated heterocycles. The van der Waals surface area contributed by atoms with Crippen LogP contribution in [0.1, 0.15) is 0 Å². The predicted molar refractivity (Wildman–Crippen MR) is 25.2 cm³/mol. The van der Waals surface area contributed by atoms with Gasteiger partial charge in [0.25, 0.3) is 0 Å². The molecule has 0 heterocycles. The van der Waals surface area contributed by atoms with E-state index < -0.39 is 0 Å². The van der Waals surface area contributed by atoms with Crippen molar-refractivity contribution < 1.29 is 9.53 Å². The molecule has 0 saturated carbocycles. The van der Waals surface area contributed by atoms with Crippen molar-refractivity contribution in [2.75, 3.05) is 5.33 Å². The van der Waals surface area contributed by atoms with Crippen LogP contribution in [0, 0.1) is 7.11 Å². The zero-order valence-corrected chi connectivity index (χ0v) is 4.69. The second-order valence-corrected chi connectivity index (χ2v) is 1.21. The lowest BCUT2D eigenvalue weighted by atomic mass is 10.8. The van der Waals surface area contributed by atoms with E-state index in [9.17, 15) is 4.79 Å². The lowest BCUT2D eigenvalue weighted by Gasteiger charge is -1.85. The minimum Gasteiger partial charge on any atom is -0.461 e. The van der Waals surface area contributed by atoms with Crippen molar-refractivity contribution in [1.29, 1.82) is 0 Å². The van der Waals surface area contributed by atoms with Crippen LogP contribution in [0.2, 0.25) is 0 Å². The molecule has 0 aromatic rings. The molecule has 0 N–H and O–H groups in total. The molecule has 3 heteroatoms. The molecule has 0 bridgehead atoms. The maximum absolute atomic E-state index is 9.85. The highest BCUT2D eigenvalue weighted by molar-refractivity contribution is 9.09. The van der Waals surface area contributed by atoms with Crippen molar-refractivity contribution in [3.63, 3.8) is 0 Å². The van der Waals surface area contributed by atoms with Crippen molar-refractivity contribution in [2.45, 2.75) is 0 Å². The van der Waals surface area contributed by atoms with Crippen molar-refractivity contribution in [3.8, 4) is 0 Å². The van der Waals surface area contributed by atoms with E-state index in [2.05, 4.69) is 27.8 Å². The van der Waals surface area contributed by atoms with E-state index in [4.69, 9.17) is 0 Å². The fourth-order valence-corrected chi connectivity index (χ4v) is 0.200. The number of carbonyl (C=O) groups excluding carboxylic acids is 1. The summed E-state index contributed by atoms with van der Waals surface area (Å²) in [6.45, 7) is 0. The molecule has 0 atom stereocenters. The Morgan fingerprint density at radius 1 is 2.00 bits per heavy atom. The van der Waals surface area contributed by atoms with Gasteiger partial charge in [-0.05, 0) is 0 Å². The van der Waals surface area contributed by atoms with Gasteiger partial charge in [0.05, 0.1) is 0 Å². The van der Waals surface area contributed by atoms with E-state index in [-0.39, 0.29) is 11.3 Å². The van der Waals surface area contributed by atoms with Crippen molar-refractivity contribution >= 4 is 21.9 Å². The third-order valence-electron chi connectivity index (χ3n) is 0.270. The van der Waals surface area contributed by atoms with E-state index in [1.54, 1.807) is 0 Å². The Kier molecular flexibility index (Phi) is 3.13. The Labute approximate surface area is 44.6 Å². The highest BCUT2D eigenvalue weighted by Crippen LogP contribution is 1.80. The molecule has 1 radical (unpaired) electrons. The van der Waals surface area contributed by atoms with Crippen LogP contribution in [0.3, 0.4) is 0 Å². The zero-order chi connectivity index (χ0) is 4.99. The summed E-state index contributed by atoms with van der Waals surface area (Å²) in [4.78, 5) is 9.85. The molecule has 6 heavy (non-hydrogen) atoms. The molecule has 0 aromatic carbocycles. The Balaban J connectivity index is 2.99. The summed E-state index contributed by atoms with van der Waals surface area (Å²) in [5.41, 5.74) is 0. The first-order valence-electron chi connectivity index (χ1n) is 1.32. The number of rotatable bonds is 1. The van der Waals surface area contributed by atoms with Crippen LogP contribution in [0.15, 0.2) is 0 Å². The summed E-state index contributed by atoms with van der Waals surface area (Å²) in [6.07, 6.45) is 0. The van der Waals surface area contributed by atoms with E-state index in [1.165, 1.54) is 0 Å². The summed E-state index contributed by atoms with van der Waals surface area (Å²) in [6, 6.07) is 0. The lowest BCUT2D eigenvalue weighted by Crippen LogP contribution is -1.97. The van der Waals surface area contributed by atoms with Gasteiger partial charge in [0.2, 0.25) is 0 Å². The third kappa shape index (κ3) is 2.20.